The number of ether oxygens (including phenoxy) is 3. The highest BCUT2D eigenvalue weighted by Gasteiger charge is 2.15. The number of fused-ring (bicyclic) bond motifs is 1. The summed E-state index contributed by atoms with van der Waals surface area (Å²) in [5.74, 6) is 2.30. The van der Waals surface area contributed by atoms with Crippen LogP contribution in [-0.2, 0) is 6.54 Å². The molecule has 0 aliphatic rings. The van der Waals surface area contributed by atoms with E-state index in [9.17, 15) is 0 Å². The number of rotatable bonds is 6. The lowest BCUT2D eigenvalue weighted by atomic mass is 10.1. The number of hydrogen-bond donors (Lipinski definition) is 2. The van der Waals surface area contributed by atoms with Crippen molar-refractivity contribution in [3.05, 3.63) is 35.9 Å². The number of benzene rings is 2. The van der Waals surface area contributed by atoms with E-state index in [-0.39, 0.29) is 5.95 Å². The van der Waals surface area contributed by atoms with Gasteiger partial charge in [-0.2, -0.15) is 4.98 Å². The average molecular weight is 369 g/mol. The molecule has 2 aromatic carbocycles. The second kappa shape index (κ2) is 7.45. The maximum absolute atomic E-state index is 5.98. The van der Waals surface area contributed by atoms with Crippen molar-refractivity contribution in [2.45, 2.75) is 6.54 Å². The summed E-state index contributed by atoms with van der Waals surface area (Å²) in [4.78, 5) is 10.3. The Morgan fingerprint density at radius 1 is 0.926 bits per heavy atom. The summed E-state index contributed by atoms with van der Waals surface area (Å²) in [6, 6.07) is 9.66. The van der Waals surface area contributed by atoms with Crippen molar-refractivity contribution in [1.82, 2.24) is 9.97 Å². The summed E-state index contributed by atoms with van der Waals surface area (Å²) in [5, 5.41) is 0.778. The van der Waals surface area contributed by atoms with E-state index in [2.05, 4.69) is 14.9 Å². The fraction of sp³-hybridized carbons (Fsp3) is 0.263. The summed E-state index contributed by atoms with van der Waals surface area (Å²) in [5.41, 5.74) is 14.3. The lowest BCUT2D eigenvalue weighted by Gasteiger charge is -2.22. The minimum absolute atomic E-state index is 0.169. The first-order valence-electron chi connectivity index (χ1n) is 8.29. The monoisotopic (exact) mass is 369 g/mol. The molecule has 0 saturated heterocycles. The molecular formula is C19H23N5O3. The zero-order valence-corrected chi connectivity index (χ0v) is 15.8. The van der Waals surface area contributed by atoms with Gasteiger partial charge in [0, 0.05) is 36.8 Å². The van der Waals surface area contributed by atoms with Gasteiger partial charge in [0.2, 0.25) is 11.7 Å². The summed E-state index contributed by atoms with van der Waals surface area (Å²) in [7, 11) is 6.75. The summed E-state index contributed by atoms with van der Waals surface area (Å²) >= 11 is 0. The summed E-state index contributed by atoms with van der Waals surface area (Å²) in [6.45, 7) is 0.637. The quantitative estimate of drug-likeness (QED) is 0.682. The minimum atomic E-state index is 0.169. The van der Waals surface area contributed by atoms with E-state index >= 15 is 0 Å². The number of anilines is 3. The molecule has 1 aromatic heterocycles. The van der Waals surface area contributed by atoms with Gasteiger partial charge < -0.3 is 30.6 Å². The van der Waals surface area contributed by atoms with Crippen LogP contribution in [0.2, 0.25) is 0 Å². The van der Waals surface area contributed by atoms with Crippen molar-refractivity contribution in [1.29, 1.82) is 0 Å². The van der Waals surface area contributed by atoms with Crippen LogP contribution in [0.3, 0.4) is 0 Å². The molecule has 0 amide bonds. The van der Waals surface area contributed by atoms with Gasteiger partial charge in [0.25, 0.3) is 0 Å². The number of hydrogen-bond acceptors (Lipinski definition) is 8. The average Bonchev–Trinajstić information content (AvgIpc) is 2.67. The van der Waals surface area contributed by atoms with E-state index in [0.29, 0.717) is 29.6 Å². The number of aromatic nitrogens is 2. The fourth-order valence-electron chi connectivity index (χ4n) is 2.97. The molecule has 0 fully saturated rings. The molecule has 0 radical (unpaired) electrons. The van der Waals surface area contributed by atoms with E-state index in [4.69, 9.17) is 25.7 Å². The number of nitrogens with two attached hydrogens (primary N) is 2. The van der Waals surface area contributed by atoms with E-state index in [0.717, 1.165) is 22.2 Å². The lowest BCUT2D eigenvalue weighted by molar-refractivity contribution is 0.324. The highest BCUT2D eigenvalue weighted by molar-refractivity contribution is 5.89. The Balaban J connectivity index is 1.93. The SMILES string of the molecule is COc1cc(N(C)Cc2ccc3nc(N)nc(N)c3c2)cc(OC)c1OC. The van der Waals surface area contributed by atoms with Crippen LogP contribution in [0, 0.1) is 0 Å². The molecule has 8 heteroatoms. The second-order valence-electron chi connectivity index (χ2n) is 6.06. The number of nitrogens with zero attached hydrogens (tertiary/aromatic N) is 3. The molecule has 3 rings (SSSR count). The van der Waals surface area contributed by atoms with Crippen molar-refractivity contribution in [2.24, 2.45) is 0 Å². The number of nitrogen functional groups attached to an aromatic ring is 2. The van der Waals surface area contributed by atoms with Crippen LogP contribution >= 0.6 is 0 Å². The minimum Gasteiger partial charge on any atom is -0.493 e. The van der Waals surface area contributed by atoms with Crippen LogP contribution in [0.25, 0.3) is 10.9 Å². The molecule has 1 heterocycles. The van der Waals surface area contributed by atoms with Crippen molar-refractivity contribution >= 4 is 28.4 Å². The van der Waals surface area contributed by atoms with Crippen LogP contribution in [-0.4, -0.2) is 38.3 Å². The Kier molecular flexibility index (Phi) is 5.07. The smallest absolute Gasteiger partial charge is 0.222 e. The van der Waals surface area contributed by atoms with Gasteiger partial charge in [-0.3, -0.25) is 0 Å². The Morgan fingerprint density at radius 2 is 1.59 bits per heavy atom. The third-order valence-corrected chi connectivity index (χ3v) is 4.32. The third-order valence-electron chi connectivity index (χ3n) is 4.32. The normalized spacial score (nSPS) is 10.7. The zero-order valence-electron chi connectivity index (χ0n) is 15.8. The van der Waals surface area contributed by atoms with Crippen LogP contribution in [0.4, 0.5) is 17.5 Å². The van der Waals surface area contributed by atoms with Crippen molar-refractivity contribution in [3.63, 3.8) is 0 Å². The fourth-order valence-corrected chi connectivity index (χ4v) is 2.97. The molecule has 27 heavy (non-hydrogen) atoms. The van der Waals surface area contributed by atoms with E-state index < -0.39 is 0 Å². The lowest BCUT2D eigenvalue weighted by Crippen LogP contribution is -2.16. The van der Waals surface area contributed by atoms with Gasteiger partial charge in [0.1, 0.15) is 5.82 Å². The molecular weight excluding hydrogens is 346 g/mol. The molecule has 8 nitrogen and oxygen atoms in total. The van der Waals surface area contributed by atoms with Gasteiger partial charge in [0.15, 0.2) is 11.5 Å². The maximum atomic E-state index is 5.98. The van der Waals surface area contributed by atoms with Gasteiger partial charge in [-0.1, -0.05) is 6.07 Å². The third kappa shape index (κ3) is 3.59. The first kappa shape index (κ1) is 18.4. The molecule has 0 bridgehead atoms. The largest absolute Gasteiger partial charge is 0.493 e. The van der Waals surface area contributed by atoms with Crippen LogP contribution in [0.5, 0.6) is 17.2 Å². The first-order chi connectivity index (χ1) is 13.0. The van der Waals surface area contributed by atoms with Crippen molar-refractivity contribution < 1.29 is 14.2 Å². The standard InChI is InChI=1S/C19H23N5O3/c1-24(12-8-15(25-2)17(27-4)16(9-12)26-3)10-11-5-6-14-13(7-11)18(20)23-19(21)22-14/h5-9H,10H2,1-4H3,(H4,20,21,22,23). The predicted octanol–water partition coefficient (Wildman–Crippen LogP) is 2.46. The first-order valence-corrected chi connectivity index (χ1v) is 8.29. The van der Waals surface area contributed by atoms with E-state index in [1.54, 1.807) is 21.3 Å². The molecule has 4 N–H and O–H groups in total. The van der Waals surface area contributed by atoms with Crippen molar-refractivity contribution in [3.8, 4) is 17.2 Å². The van der Waals surface area contributed by atoms with Gasteiger partial charge in [-0.15, -0.1) is 0 Å². The summed E-state index contributed by atoms with van der Waals surface area (Å²) in [6.07, 6.45) is 0. The zero-order chi connectivity index (χ0) is 19.6. The van der Waals surface area contributed by atoms with Crippen LogP contribution in [0.1, 0.15) is 5.56 Å². The second-order valence-corrected chi connectivity index (χ2v) is 6.06. The maximum Gasteiger partial charge on any atom is 0.222 e. The molecule has 0 atom stereocenters. The van der Waals surface area contributed by atoms with Crippen LogP contribution < -0.4 is 30.6 Å². The molecule has 0 unspecified atom stereocenters. The molecule has 0 aliphatic heterocycles. The Labute approximate surface area is 157 Å². The molecule has 142 valence electrons. The molecule has 0 saturated carbocycles. The van der Waals surface area contributed by atoms with Gasteiger partial charge in [-0.05, 0) is 17.7 Å². The van der Waals surface area contributed by atoms with Gasteiger partial charge in [-0.25, -0.2) is 4.98 Å². The van der Waals surface area contributed by atoms with Gasteiger partial charge >= 0.3 is 0 Å². The summed E-state index contributed by atoms with van der Waals surface area (Å²) < 4.78 is 16.2. The molecule has 0 aliphatic carbocycles. The van der Waals surface area contributed by atoms with E-state index in [1.165, 1.54) is 0 Å². The Hall–Kier alpha value is -3.42. The van der Waals surface area contributed by atoms with Crippen molar-refractivity contribution in [2.75, 3.05) is 44.7 Å². The Morgan fingerprint density at radius 3 is 2.19 bits per heavy atom. The highest BCUT2D eigenvalue weighted by Crippen LogP contribution is 2.41. The topological polar surface area (TPSA) is 109 Å². The van der Waals surface area contributed by atoms with Gasteiger partial charge in [0.05, 0.1) is 26.8 Å². The van der Waals surface area contributed by atoms with E-state index in [1.807, 2.05) is 37.4 Å². The molecule has 0 spiro atoms. The molecule has 3 aromatic rings. The Bertz CT molecular complexity index is 952. The number of methoxy groups -OCH3 is 3. The van der Waals surface area contributed by atoms with Crippen LogP contribution in [0.15, 0.2) is 30.3 Å². The predicted molar refractivity (Wildman–Crippen MR) is 107 cm³/mol. The highest BCUT2D eigenvalue weighted by atomic mass is 16.5.